The van der Waals surface area contributed by atoms with Crippen LogP contribution in [0, 0.1) is 17.3 Å². The van der Waals surface area contributed by atoms with Gasteiger partial charge in [0.05, 0.1) is 5.41 Å². The molecule has 0 aromatic rings. The fourth-order valence-corrected chi connectivity index (χ4v) is 4.68. The van der Waals surface area contributed by atoms with Crippen molar-refractivity contribution in [2.24, 2.45) is 17.3 Å². The van der Waals surface area contributed by atoms with Gasteiger partial charge in [-0.25, -0.2) is 0 Å². The molecule has 2 unspecified atom stereocenters. The maximum Gasteiger partial charge on any atom is 0.314 e. The molecule has 0 bridgehead atoms. The summed E-state index contributed by atoms with van der Waals surface area (Å²) in [6.07, 6.45) is 15.9. The minimum absolute atomic E-state index is 0.0566. The Kier molecular flexibility index (Phi) is 11.8. The predicted molar refractivity (Wildman–Crippen MR) is 119 cm³/mol. The third-order valence-corrected chi connectivity index (χ3v) is 6.09. The normalized spacial score (nSPS) is 22.3. The molecule has 3 nitrogen and oxygen atoms in total. The van der Waals surface area contributed by atoms with Crippen LogP contribution in [-0.2, 0) is 9.53 Å². The molecule has 1 aliphatic carbocycles. The highest BCUT2D eigenvalue weighted by Gasteiger charge is 2.46. The highest BCUT2D eigenvalue weighted by molar-refractivity contribution is 5.79. The summed E-state index contributed by atoms with van der Waals surface area (Å²) in [6, 6.07) is 0. The van der Waals surface area contributed by atoms with E-state index in [1.54, 1.807) is 7.11 Å². The second kappa shape index (κ2) is 13.2. The Morgan fingerprint density at radius 3 is 2.39 bits per heavy atom. The number of carbonyl (C=O) groups is 1. The van der Waals surface area contributed by atoms with Crippen molar-refractivity contribution in [3.63, 3.8) is 0 Å². The SMILES string of the molecule is CCCC1=CC(CCCCCCC(C)C)(C(=O)O)C(CCOC)C(CCC)=C1. The summed E-state index contributed by atoms with van der Waals surface area (Å²) in [6.45, 7) is 9.50. The summed E-state index contributed by atoms with van der Waals surface area (Å²) in [5.74, 6) is 0.163. The van der Waals surface area contributed by atoms with Crippen LogP contribution in [0.1, 0.15) is 98.3 Å². The molecule has 0 radical (unpaired) electrons. The molecule has 28 heavy (non-hydrogen) atoms. The van der Waals surface area contributed by atoms with E-state index in [1.165, 1.54) is 30.4 Å². The molecule has 0 aromatic heterocycles. The molecule has 0 saturated carbocycles. The van der Waals surface area contributed by atoms with E-state index in [0.717, 1.165) is 57.3 Å². The second-order valence-electron chi connectivity index (χ2n) is 8.96. The standard InChI is InChI=1S/C25H44O3/c1-6-12-21-18-22(13-7-2)23(15-17-28-5)25(19-21,24(26)27)16-11-9-8-10-14-20(3)4/h18-20,23H,6-17H2,1-5H3,(H,26,27). The Morgan fingerprint density at radius 1 is 1.14 bits per heavy atom. The lowest BCUT2D eigenvalue weighted by Crippen LogP contribution is -2.40. The molecule has 1 aliphatic rings. The van der Waals surface area contributed by atoms with Crippen molar-refractivity contribution in [1.29, 1.82) is 0 Å². The number of hydrogen-bond acceptors (Lipinski definition) is 2. The minimum atomic E-state index is -0.764. The molecule has 162 valence electrons. The molecular formula is C25H44O3. The number of rotatable bonds is 15. The summed E-state index contributed by atoms with van der Waals surface area (Å²) in [4.78, 5) is 12.6. The smallest absolute Gasteiger partial charge is 0.314 e. The molecule has 1 rings (SSSR count). The molecule has 3 heteroatoms. The van der Waals surface area contributed by atoms with Crippen LogP contribution in [0.2, 0.25) is 0 Å². The lowest BCUT2D eigenvalue weighted by atomic mass is 9.63. The van der Waals surface area contributed by atoms with Gasteiger partial charge in [-0.2, -0.15) is 0 Å². The second-order valence-corrected chi connectivity index (χ2v) is 8.96. The Bertz CT molecular complexity index is 518. The maximum atomic E-state index is 12.6. The largest absolute Gasteiger partial charge is 0.481 e. The first-order chi connectivity index (χ1) is 13.4. The minimum Gasteiger partial charge on any atom is -0.481 e. The van der Waals surface area contributed by atoms with E-state index in [0.29, 0.717) is 6.61 Å². The van der Waals surface area contributed by atoms with Gasteiger partial charge in [0.25, 0.3) is 0 Å². The molecule has 0 saturated heterocycles. The van der Waals surface area contributed by atoms with Crippen molar-refractivity contribution in [3.05, 3.63) is 23.3 Å². The van der Waals surface area contributed by atoms with Crippen LogP contribution in [0.15, 0.2) is 23.3 Å². The van der Waals surface area contributed by atoms with Crippen molar-refractivity contribution in [2.75, 3.05) is 13.7 Å². The van der Waals surface area contributed by atoms with Gasteiger partial charge in [-0.15, -0.1) is 0 Å². The molecule has 0 amide bonds. The first-order valence-corrected chi connectivity index (χ1v) is 11.6. The number of carboxylic acid groups (broad SMARTS) is 1. The Balaban J connectivity index is 3.01. The predicted octanol–water partition coefficient (Wildman–Crippen LogP) is 7.17. The van der Waals surface area contributed by atoms with Crippen LogP contribution in [0.3, 0.4) is 0 Å². The monoisotopic (exact) mass is 392 g/mol. The number of unbranched alkanes of at least 4 members (excludes halogenated alkanes) is 3. The Labute approximate surface area is 173 Å². The number of ether oxygens (including phenoxy) is 1. The van der Waals surface area contributed by atoms with Crippen molar-refractivity contribution >= 4 is 5.97 Å². The third-order valence-electron chi connectivity index (χ3n) is 6.09. The van der Waals surface area contributed by atoms with Gasteiger partial charge >= 0.3 is 5.97 Å². The number of hydrogen-bond donors (Lipinski definition) is 1. The number of aliphatic carboxylic acids is 1. The van der Waals surface area contributed by atoms with E-state index < -0.39 is 11.4 Å². The van der Waals surface area contributed by atoms with E-state index in [2.05, 4.69) is 39.8 Å². The third kappa shape index (κ3) is 7.39. The molecule has 0 spiro atoms. The topological polar surface area (TPSA) is 46.5 Å². The van der Waals surface area contributed by atoms with E-state index in [9.17, 15) is 9.90 Å². The fourth-order valence-electron chi connectivity index (χ4n) is 4.68. The molecule has 2 atom stereocenters. The first-order valence-electron chi connectivity index (χ1n) is 11.6. The average molecular weight is 393 g/mol. The summed E-state index contributed by atoms with van der Waals surface area (Å²) >= 11 is 0. The summed E-state index contributed by atoms with van der Waals surface area (Å²) in [5.41, 5.74) is 1.79. The van der Waals surface area contributed by atoms with Gasteiger partial charge in [0.15, 0.2) is 0 Å². The summed E-state index contributed by atoms with van der Waals surface area (Å²) in [5, 5.41) is 10.4. The highest BCUT2D eigenvalue weighted by Crippen LogP contribution is 2.47. The zero-order chi connectivity index (χ0) is 21.0. The van der Waals surface area contributed by atoms with Gasteiger partial charge in [-0.3, -0.25) is 4.79 Å². The van der Waals surface area contributed by atoms with Crippen LogP contribution in [0.4, 0.5) is 0 Å². The van der Waals surface area contributed by atoms with Crippen LogP contribution in [0.25, 0.3) is 0 Å². The van der Waals surface area contributed by atoms with E-state index >= 15 is 0 Å². The van der Waals surface area contributed by atoms with Crippen molar-refractivity contribution < 1.29 is 14.6 Å². The molecule has 0 aromatic carbocycles. The fraction of sp³-hybridized carbons (Fsp3) is 0.800. The van der Waals surface area contributed by atoms with Gasteiger partial charge < -0.3 is 9.84 Å². The van der Waals surface area contributed by atoms with Crippen LogP contribution >= 0.6 is 0 Å². The molecule has 0 heterocycles. The van der Waals surface area contributed by atoms with E-state index in [4.69, 9.17) is 4.74 Å². The van der Waals surface area contributed by atoms with Gasteiger partial charge in [0.1, 0.15) is 0 Å². The van der Waals surface area contributed by atoms with Crippen molar-refractivity contribution in [3.8, 4) is 0 Å². The Hall–Kier alpha value is -1.09. The van der Waals surface area contributed by atoms with E-state index in [-0.39, 0.29) is 5.92 Å². The molecule has 0 aliphatic heterocycles. The highest BCUT2D eigenvalue weighted by atomic mass is 16.5. The van der Waals surface area contributed by atoms with Gasteiger partial charge in [-0.05, 0) is 31.6 Å². The van der Waals surface area contributed by atoms with Gasteiger partial charge in [0, 0.05) is 19.6 Å². The number of allylic oxidation sites excluding steroid dienone is 3. The molecule has 1 N–H and O–H groups in total. The number of carboxylic acids is 1. The molecule has 0 fully saturated rings. The van der Waals surface area contributed by atoms with Gasteiger partial charge in [-0.1, -0.05) is 95.9 Å². The van der Waals surface area contributed by atoms with Crippen LogP contribution in [0.5, 0.6) is 0 Å². The lowest BCUT2D eigenvalue weighted by molar-refractivity contribution is -0.149. The quantitative estimate of drug-likeness (QED) is 0.300. The Morgan fingerprint density at radius 2 is 1.82 bits per heavy atom. The average Bonchev–Trinajstić information content (AvgIpc) is 2.64. The van der Waals surface area contributed by atoms with Crippen LogP contribution < -0.4 is 0 Å². The van der Waals surface area contributed by atoms with Gasteiger partial charge in [0.2, 0.25) is 0 Å². The maximum absolute atomic E-state index is 12.6. The van der Waals surface area contributed by atoms with Crippen molar-refractivity contribution in [1.82, 2.24) is 0 Å². The lowest BCUT2D eigenvalue weighted by Gasteiger charge is -2.40. The van der Waals surface area contributed by atoms with Crippen molar-refractivity contribution in [2.45, 2.75) is 98.3 Å². The zero-order valence-electron chi connectivity index (χ0n) is 19.1. The van der Waals surface area contributed by atoms with Crippen LogP contribution in [-0.4, -0.2) is 24.8 Å². The summed E-state index contributed by atoms with van der Waals surface area (Å²) < 4.78 is 5.36. The summed E-state index contributed by atoms with van der Waals surface area (Å²) in [7, 11) is 1.71. The number of methoxy groups -OCH3 is 1. The zero-order valence-corrected chi connectivity index (χ0v) is 19.1. The first kappa shape index (κ1) is 24.9. The molecular weight excluding hydrogens is 348 g/mol. The van der Waals surface area contributed by atoms with E-state index in [1.807, 2.05) is 0 Å².